The summed E-state index contributed by atoms with van der Waals surface area (Å²) >= 11 is 5.46. The molecule has 1 aromatic carbocycles. The maximum Gasteiger partial charge on any atom is 0.0963 e. The maximum absolute atomic E-state index is 4.49. The van der Waals surface area contributed by atoms with Gasteiger partial charge in [0.05, 0.1) is 5.84 Å². The summed E-state index contributed by atoms with van der Waals surface area (Å²) < 4.78 is 1.16. The van der Waals surface area contributed by atoms with Crippen molar-refractivity contribution in [3.8, 4) is 0 Å². The molecule has 1 aliphatic heterocycles. The van der Waals surface area contributed by atoms with Gasteiger partial charge in [0.25, 0.3) is 0 Å². The van der Waals surface area contributed by atoms with Crippen molar-refractivity contribution in [3.05, 3.63) is 28.2 Å². The third kappa shape index (κ3) is 4.32. The number of thioether (sulfide) groups is 1. The lowest BCUT2D eigenvalue weighted by atomic mass is 10.2. The second-order valence-electron chi connectivity index (χ2n) is 4.47. The Morgan fingerprint density at radius 2 is 2.33 bits per heavy atom. The van der Waals surface area contributed by atoms with Crippen LogP contribution in [0.15, 0.2) is 32.6 Å². The first-order valence-corrected chi connectivity index (χ1v) is 8.20. The van der Waals surface area contributed by atoms with Gasteiger partial charge in [0.15, 0.2) is 0 Å². The summed E-state index contributed by atoms with van der Waals surface area (Å²) in [5, 5.41) is 3.37. The van der Waals surface area contributed by atoms with Gasteiger partial charge in [-0.15, -0.1) is 11.8 Å². The monoisotopic (exact) mass is 326 g/mol. The molecule has 2 rings (SSSR count). The molecule has 0 atom stereocenters. The first-order valence-electron chi connectivity index (χ1n) is 6.42. The molecule has 2 nitrogen and oxygen atoms in total. The normalized spacial score (nSPS) is 15.1. The molecule has 0 aliphatic carbocycles. The van der Waals surface area contributed by atoms with Gasteiger partial charge in [0, 0.05) is 28.9 Å². The smallest absolute Gasteiger partial charge is 0.0963 e. The van der Waals surface area contributed by atoms with Crippen LogP contribution in [-0.2, 0) is 0 Å². The quantitative estimate of drug-likeness (QED) is 0.652. The van der Waals surface area contributed by atoms with E-state index in [2.05, 4.69) is 51.4 Å². The van der Waals surface area contributed by atoms with E-state index < -0.39 is 0 Å². The molecule has 98 valence electrons. The lowest BCUT2D eigenvalue weighted by Crippen LogP contribution is -2.29. The highest BCUT2D eigenvalue weighted by Crippen LogP contribution is 2.26. The molecule has 0 aromatic heterocycles. The topological polar surface area (TPSA) is 24.4 Å². The summed E-state index contributed by atoms with van der Waals surface area (Å²) in [6.07, 6.45) is 3.44. The number of aliphatic imine (C=N–C) groups is 1. The van der Waals surface area contributed by atoms with Crippen molar-refractivity contribution >= 4 is 33.5 Å². The van der Waals surface area contributed by atoms with E-state index in [9.17, 15) is 0 Å². The zero-order valence-electron chi connectivity index (χ0n) is 10.7. The summed E-state index contributed by atoms with van der Waals surface area (Å²) in [7, 11) is 0. The van der Waals surface area contributed by atoms with E-state index in [1.807, 2.05) is 11.8 Å². The minimum absolute atomic E-state index is 1.00. The van der Waals surface area contributed by atoms with E-state index in [1.165, 1.54) is 29.1 Å². The summed E-state index contributed by atoms with van der Waals surface area (Å²) in [4.78, 5) is 5.87. The molecule has 1 heterocycles. The largest absolute Gasteiger partial charge is 0.374 e. The van der Waals surface area contributed by atoms with Crippen LogP contribution in [0.3, 0.4) is 0 Å². The van der Waals surface area contributed by atoms with Crippen molar-refractivity contribution in [2.24, 2.45) is 4.99 Å². The van der Waals surface area contributed by atoms with E-state index in [0.717, 1.165) is 29.7 Å². The molecule has 18 heavy (non-hydrogen) atoms. The number of hydrogen-bond acceptors (Lipinski definition) is 3. The van der Waals surface area contributed by atoms with E-state index in [-0.39, 0.29) is 0 Å². The Morgan fingerprint density at radius 1 is 1.44 bits per heavy atom. The maximum atomic E-state index is 4.49. The summed E-state index contributed by atoms with van der Waals surface area (Å²) in [5.74, 6) is 2.35. The SMILES string of the molecule is Cc1ccc(Br)cc1SCCCC1=NCCCN1. The van der Waals surface area contributed by atoms with Crippen molar-refractivity contribution in [2.75, 3.05) is 18.8 Å². The molecule has 4 heteroatoms. The van der Waals surface area contributed by atoms with Crippen molar-refractivity contribution in [1.82, 2.24) is 5.32 Å². The molecule has 0 unspecified atom stereocenters. The van der Waals surface area contributed by atoms with Crippen LogP contribution in [0.1, 0.15) is 24.8 Å². The van der Waals surface area contributed by atoms with Crippen molar-refractivity contribution in [3.63, 3.8) is 0 Å². The van der Waals surface area contributed by atoms with Crippen LogP contribution in [0.2, 0.25) is 0 Å². The molecule has 0 radical (unpaired) electrons. The van der Waals surface area contributed by atoms with Gasteiger partial charge >= 0.3 is 0 Å². The Hall–Kier alpha value is -0.480. The predicted molar refractivity (Wildman–Crippen MR) is 83.8 cm³/mol. The van der Waals surface area contributed by atoms with Gasteiger partial charge in [-0.3, -0.25) is 4.99 Å². The minimum Gasteiger partial charge on any atom is -0.374 e. The van der Waals surface area contributed by atoms with Crippen LogP contribution >= 0.6 is 27.7 Å². The number of aryl methyl sites for hydroxylation is 1. The Bertz CT molecular complexity index is 432. The summed E-state index contributed by atoms with van der Waals surface area (Å²) in [5.41, 5.74) is 1.36. The highest BCUT2D eigenvalue weighted by molar-refractivity contribution is 9.10. The fourth-order valence-electron chi connectivity index (χ4n) is 1.90. The second-order valence-corrected chi connectivity index (χ2v) is 6.52. The molecule has 1 aliphatic rings. The van der Waals surface area contributed by atoms with Gasteiger partial charge in [-0.2, -0.15) is 0 Å². The van der Waals surface area contributed by atoms with Crippen LogP contribution in [0, 0.1) is 6.92 Å². The number of rotatable bonds is 5. The molecule has 1 N–H and O–H groups in total. The van der Waals surface area contributed by atoms with Crippen LogP contribution in [0.25, 0.3) is 0 Å². The number of amidine groups is 1. The summed E-state index contributed by atoms with van der Waals surface area (Å²) in [6.45, 7) is 4.26. The summed E-state index contributed by atoms with van der Waals surface area (Å²) in [6, 6.07) is 6.47. The lowest BCUT2D eigenvalue weighted by molar-refractivity contribution is 0.721. The Balaban J connectivity index is 1.74. The fourth-order valence-corrected chi connectivity index (χ4v) is 3.43. The third-order valence-electron chi connectivity index (χ3n) is 2.93. The van der Waals surface area contributed by atoms with Crippen molar-refractivity contribution < 1.29 is 0 Å². The molecule has 0 amide bonds. The zero-order valence-corrected chi connectivity index (χ0v) is 13.1. The Morgan fingerprint density at radius 3 is 3.11 bits per heavy atom. The van der Waals surface area contributed by atoms with E-state index >= 15 is 0 Å². The number of hydrogen-bond donors (Lipinski definition) is 1. The standard InChI is InChI=1S/C14H19BrN2S/c1-11-5-6-12(15)10-13(11)18-9-2-4-14-16-7-3-8-17-14/h5-6,10H,2-4,7-9H2,1H3,(H,16,17). The number of nitrogens with one attached hydrogen (secondary N) is 1. The molecule has 0 fully saturated rings. The fraction of sp³-hybridized carbons (Fsp3) is 0.500. The van der Waals surface area contributed by atoms with Crippen LogP contribution < -0.4 is 5.32 Å². The Kier molecular flexibility index (Phi) is 5.57. The highest BCUT2D eigenvalue weighted by atomic mass is 79.9. The Labute approximate surface area is 122 Å². The number of nitrogens with zero attached hydrogens (tertiary/aromatic N) is 1. The average Bonchev–Trinajstić information content (AvgIpc) is 2.40. The van der Waals surface area contributed by atoms with Gasteiger partial charge in [0.1, 0.15) is 0 Å². The molecular formula is C14H19BrN2S. The third-order valence-corrected chi connectivity index (χ3v) is 4.67. The first kappa shape index (κ1) is 13.9. The molecule has 0 spiro atoms. The van der Waals surface area contributed by atoms with E-state index in [1.54, 1.807) is 0 Å². The molecule has 0 saturated carbocycles. The highest BCUT2D eigenvalue weighted by Gasteiger charge is 2.04. The van der Waals surface area contributed by atoms with Crippen molar-refractivity contribution in [1.29, 1.82) is 0 Å². The molecule has 0 saturated heterocycles. The van der Waals surface area contributed by atoms with Crippen molar-refractivity contribution in [2.45, 2.75) is 31.1 Å². The van der Waals surface area contributed by atoms with Crippen LogP contribution in [-0.4, -0.2) is 24.7 Å². The lowest BCUT2D eigenvalue weighted by Gasteiger charge is -2.14. The van der Waals surface area contributed by atoms with E-state index in [4.69, 9.17) is 0 Å². The second kappa shape index (κ2) is 7.19. The van der Waals surface area contributed by atoms with E-state index in [0.29, 0.717) is 0 Å². The zero-order chi connectivity index (χ0) is 12.8. The number of halogens is 1. The molecular weight excluding hydrogens is 308 g/mol. The van der Waals surface area contributed by atoms with Gasteiger partial charge in [-0.1, -0.05) is 22.0 Å². The molecule has 0 bridgehead atoms. The first-order chi connectivity index (χ1) is 8.75. The predicted octanol–water partition coefficient (Wildman–Crippen LogP) is 4.02. The van der Waals surface area contributed by atoms with Crippen LogP contribution in [0.4, 0.5) is 0 Å². The average molecular weight is 327 g/mol. The van der Waals surface area contributed by atoms with Gasteiger partial charge in [-0.25, -0.2) is 0 Å². The van der Waals surface area contributed by atoms with Gasteiger partial charge < -0.3 is 5.32 Å². The number of benzene rings is 1. The van der Waals surface area contributed by atoms with Gasteiger partial charge in [0.2, 0.25) is 0 Å². The minimum atomic E-state index is 1.00. The van der Waals surface area contributed by atoms with Gasteiger partial charge in [-0.05, 0) is 43.2 Å². The van der Waals surface area contributed by atoms with Crippen LogP contribution in [0.5, 0.6) is 0 Å². The molecule has 1 aromatic rings.